The van der Waals surface area contributed by atoms with Crippen molar-refractivity contribution < 1.29 is 4.74 Å². The van der Waals surface area contributed by atoms with Crippen molar-refractivity contribution in [1.29, 1.82) is 0 Å². The third-order valence-electron chi connectivity index (χ3n) is 3.49. The van der Waals surface area contributed by atoms with Crippen LogP contribution in [-0.2, 0) is 0 Å². The number of nitrogens with two attached hydrogens (primary N) is 1. The van der Waals surface area contributed by atoms with Gasteiger partial charge in [-0.1, -0.05) is 13.8 Å². The van der Waals surface area contributed by atoms with Crippen molar-refractivity contribution in [1.82, 2.24) is 15.0 Å². The lowest BCUT2D eigenvalue weighted by Crippen LogP contribution is -2.30. The molecule has 0 amide bonds. The van der Waals surface area contributed by atoms with E-state index in [2.05, 4.69) is 34.1 Å². The highest BCUT2D eigenvalue weighted by Crippen LogP contribution is 2.35. The third kappa shape index (κ3) is 3.21. The van der Waals surface area contributed by atoms with Crippen LogP contribution in [0.2, 0.25) is 0 Å². The van der Waals surface area contributed by atoms with Crippen LogP contribution in [0.5, 0.6) is 6.01 Å². The van der Waals surface area contributed by atoms with Crippen molar-refractivity contribution >= 4 is 11.9 Å². The van der Waals surface area contributed by atoms with Crippen LogP contribution in [0.3, 0.4) is 0 Å². The van der Waals surface area contributed by atoms with Gasteiger partial charge in [-0.2, -0.15) is 15.0 Å². The number of aromatic nitrogens is 3. The van der Waals surface area contributed by atoms with Gasteiger partial charge in [0.15, 0.2) is 0 Å². The zero-order valence-electron chi connectivity index (χ0n) is 11.2. The van der Waals surface area contributed by atoms with Crippen molar-refractivity contribution in [2.75, 3.05) is 18.2 Å². The maximum Gasteiger partial charge on any atom is 0.322 e. The van der Waals surface area contributed by atoms with Gasteiger partial charge in [-0.05, 0) is 31.1 Å². The van der Waals surface area contributed by atoms with Crippen LogP contribution in [0.15, 0.2) is 0 Å². The van der Waals surface area contributed by atoms with E-state index in [9.17, 15) is 0 Å². The Hall–Kier alpha value is -1.59. The van der Waals surface area contributed by atoms with E-state index in [1.165, 1.54) is 20.0 Å². The molecule has 1 aromatic rings. The Bertz CT molecular complexity index is 411. The van der Waals surface area contributed by atoms with Crippen molar-refractivity contribution in [3.05, 3.63) is 0 Å². The maximum atomic E-state index is 5.60. The Morgan fingerprint density at radius 3 is 2.50 bits per heavy atom. The summed E-state index contributed by atoms with van der Waals surface area (Å²) < 4.78 is 4.98. The van der Waals surface area contributed by atoms with E-state index in [1.807, 2.05) is 0 Å². The Morgan fingerprint density at radius 1 is 1.22 bits per heavy atom. The molecule has 6 heteroatoms. The highest BCUT2D eigenvalue weighted by molar-refractivity contribution is 5.33. The summed E-state index contributed by atoms with van der Waals surface area (Å²) in [6.45, 7) is 4.63. The van der Waals surface area contributed by atoms with Gasteiger partial charge in [0.1, 0.15) is 0 Å². The summed E-state index contributed by atoms with van der Waals surface area (Å²) in [5.41, 5.74) is 6.05. The van der Waals surface area contributed by atoms with Gasteiger partial charge in [-0.25, -0.2) is 0 Å². The molecule has 0 saturated heterocycles. The summed E-state index contributed by atoms with van der Waals surface area (Å²) in [7, 11) is 1.52. The van der Waals surface area contributed by atoms with E-state index < -0.39 is 0 Å². The number of hydrogen-bond donors (Lipinski definition) is 2. The molecule has 0 spiro atoms. The molecule has 2 rings (SSSR count). The minimum absolute atomic E-state index is 0.181. The molecule has 3 N–H and O–H groups in total. The first-order valence-corrected chi connectivity index (χ1v) is 6.30. The Labute approximate surface area is 107 Å². The SMILES string of the molecule is COc1nc(N)nc(NC2CCC(C)(C)CC2)n1. The molecule has 6 nitrogen and oxygen atoms in total. The Morgan fingerprint density at radius 2 is 1.89 bits per heavy atom. The molecule has 1 fully saturated rings. The summed E-state index contributed by atoms with van der Waals surface area (Å²) in [5.74, 6) is 0.685. The van der Waals surface area contributed by atoms with E-state index in [-0.39, 0.29) is 12.0 Å². The molecule has 1 heterocycles. The molecule has 0 unspecified atom stereocenters. The van der Waals surface area contributed by atoms with Gasteiger partial charge in [0.05, 0.1) is 7.11 Å². The molecule has 0 aliphatic heterocycles. The minimum atomic E-state index is 0.181. The molecule has 18 heavy (non-hydrogen) atoms. The lowest BCUT2D eigenvalue weighted by molar-refractivity contribution is 0.232. The van der Waals surface area contributed by atoms with Crippen molar-refractivity contribution in [2.24, 2.45) is 5.41 Å². The third-order valence-corrected chi connectivity index (χ3v) is 3.49. The van der Waals surface area contributed by atoms with Gasteiger partial charge in [0.25, 0.3) is 0 Å². The number of nitrogens with one attached hydrogen (secondary N) is 1. The maximum absolute atomic E-state index is 5.60. The van der Waals surface area contributed by atoms with Crippen LogP contribution in [0.25, 0.3) is 0 Å². The first kappa shape index (κ1) is 12.9. The lowest BCUT2D eigenvalue weighted by atomic mass is 9.76. The first-order chi connectivity index (χ1) is 8.48. The van der Waals surface area contributed by atoms with E-state index >= 15 is 0 Å². The number of nitrogen functional groups attached to an aromatic ring is 1. The average Bonchev–Trinajstić information content (AvgIpc) is 2.31. The minimum Gasteiger partial charge on any atom is -0.467 e. The molecule has 0 aromatic carbocycles. The van der Waals surface area contributed by atoms with Crippen LogP contribution in [0.1, 0.15) is 39.5 Å². The van der Waals surface area contributed by atoms with E-state index in [0.717, 1.165) is 12.8 Å². The Balaban J connectivity index is 2.00. The fourth-order valence-electron chi connectivity index (χ4n) is 2.25. The topological polar surface area (TPSA) is 86.0 Å². The van der Waals surface area contributed by atoms with Crippen LogP contribution in [0.4, 0.5) is 11.9 Å². The number of methoxy groups -OCH3 is 1. The number of rotatable bonds is 3. The van der Waals surface area contributed by atoms with Crippen molar-refractivity contribution in [3.63, 3.8) is 0 Å². The number of nitrogens with zero attached hydrogens (tertiary/aromatic N) is 3. The van der Waals surface area contributed by atoms with Gasteiger partial charge in [0.2, 0.25) is 11.9 Å². The number of anilines is 2. The summed E-state index contributed by atoms with van der Waals surface area (Å²) in [6.07, 6.45) is 4.67. The van der Waals surface area contributed by atoms with Crippen LogP contribution in [0, 0.1) is 5.41 Å². The predicted molar refractivity (Wildman–Crippen MR) is 70.5 cm³/mol. The largest absolute Gasteiger partial charge is 0.467 e. The highest BCUT2D eigenvalue weighted by Gasteiger charge is 2.27. The molecule has 1 aliphatic carbocycles. The second-order valence-electron chi connectivity index (χ2n) is 5.59. The zero-order valence-corrected chi connectivity index (χ0v) is 11.2. The molecule has 1 aliphatic rings. The normalized spacial score (nSPS) is 19.5. The average molecular weight is 251 g/mol. The summed E-state index contributed by atoms with van der Waals surface area (Å²) in [6, 6.07) is 0.658. The van der Waals surface area contributed by atoms with E-state index in [4.69, 9.17) is 10.5 Å². The highest BCUT2D eigenvalue weighted by atomic mass is 16.5. The van der Waals surface area contributed by atoms with Gasteiger partial charge >= 0.3 is 6.01 Å². The fourth-order valence-corrected chi connectivity index (χ4v) is 2.25. The van der Waals surface area contributed by atoms with Crippen LogP contribution >= 0.6 is 0 Å². The van der Waals surface area contributed by atoms with Crippen molar-refractivity contribution in [3.8, 4) is 6.01 Å². The number of ether oxygens (including phenoxy) is 1. The fraction of sp³-hybridized carbons (Fsp3) is 0.750. The van der Waals surface area contributed by atoms with Gasteiger partial charge in [-0.3, -0.25) is 0 Å². The standard InChI is InChI=1S/C12H21N5O/c1-12(2)6-4-8(5-7-12)14-10-15-9(13)16-11(17-10)18-3/h8H,4-7H2,1-3H3,(H3,13,14,15,16,17). The van der Waals surface area contributed by atoms with Gasteiger partial charge < -0.3 is 15.8 Å². The quantitative estimate of drug-likeness (QED) is 0.852. The molecule has 1 aromatic heterocycles. The lowest BCUT2D eigenvalue weighted by Gasteiger charge is -2.34. The van der Waals surface area contributed by atoms with Gasteiger partial charge in [-0.15, -0.1) is 0 Å². The van der Waals surface area contributed by atoms with Gasteiger partial charge in [0, 0.05) is 6.04 Å². The summed E-state index contributed by atoms with van der Waals surface area (Å²) >= 11 is 0. The second-order valence-corrected chi connectivity index (χ2v) is 5.59. The first-order valence-electron chi connectivity index (χ1n) is 6.30. The molecular formula is C12H21N5O. The van der Waals surface area contributed by atoms with Crippen LogP contribution in [-0.4, -0.2) is 28.1 Å². The molecule has 1 saturated carbocycles. The monoisotopic (exact) mass is 251 g/mol. The summed E-state index contributed by atoms with van der Waals surface area (Å²) in [4.78, 5) is 12.1. The number of hydrogen-bond acceptors (Lipinski definition) is 6. The molecule has 0 atom stereocenters. The van der Waals surface area contributed by atoms with E-state index in [1.54, 1.807) is 0 Å². The van der Waals surface area contributed by atoms with Crippen LogP contribution < -0.4 is 15.8 Å². The summed E-state index contributed by atoms with van der Waals surface area (Å²) in [5, 5.41) is 3.31. The smallest absolute Gasteiger partial charge is 0.322 e. The predicted octanol–water partition coefficient (Wildman–Crippen LogP) is 1.84. The van der Waals surface area contributed by atoms with E-state index in [0.29, 0.717) is 17.4 Å². The molecular weight excluding hydrogens is 230 g/mol. The second kappa shape index (κ2) is 4.96. The molecule has 0 radical (unpaired) electrons. The zero-order chi connectivity index (χ0) is 13.2. The Kier molecular flexibility index (Phi) is 3.54. The van der Waals surface area contributed by atoms with Crippen molar-refractivity contribution in [2.45, 2.75) is 45.6 Å². The molecule has 100 valence electrons. The molecule has 0 bridgehead atoms.